The highest BCUT2D eigenvalue weighted by atomic mass is 32.1. The van der Waals surface area contributed by atoms with Crippen molar-refractivity contribution in [1.82, 2.24) is 4.98 Å². The molecule has 0 radical (unpaired) electrons. The van der Waals surface area contributed by atoms with Gasteiger partial charge in [-0.25, -0.2) is 8.78 Å². The van der Waals surface area contributed by atoms with E-state index < -0.39 is 11.6 Å². The Bertz CT molecular complexity index is 541. The van der Waals surface area contributed by atoms with Crippen LogP contribution in [0.2, 0.25) is 0 Å². The summed E-state index contributed by atoms with van der Waals surface area (Å²) in [4.78, 5) is 6.32. The van der Waals surface area contributed by atoms with Gasteiger partial charge in [0.05, 0.1) is 16.4 Å². The largest absolute Gasteiger partial charge is 0.357 e. The molecule has 0 aliphatic carbocycles. The summed E-state index contributed by atoms with van der Waals surface area (Å²) in [6, 6.07) is 2.00. The average Bonchev–Trinajstić information content (AvgIpc) is 2.49. The zero-order valence-electron chi connectivity index (χ0n) is 6.84. The minimum Gasteiger partial charge on any atom is -0.357 e. The molecule has 0 aliphatic heterocycles. The van der Waals surface area contributed by atoms with Gasteiger partial charge >= 0.3 is 0 Å². The van der Waals surface area contributed by atoms with Crippen molar-refractivity contribution in [1.29, 1.82) is 0 Å². The lowest BCUT2D eigenvalue weighted by atomic mass is 10.2. The summed E-state index contributed by atoms with van der Waals surface area (Å²) in [7, 11) is 0. The van der Waals surface area contributed by atoms with Crippen LogP contribution in [0.5, 0.6) is 0 Å². The summed E-state index contributed by atoms with van der Waals surface area (Å²) in [5.41, 5.74) is 0.601. The highest BCUT2D eigenvalue weighted by Crippen LogP contribution is 2.27. The lowest BCUT2D eigenvalue weighted by Gasteiger charge is -1.93. The van der Waals surface area contributed by atoms with E-state index >= 15 is 0 Å². The van der Waals surface area contributed by atoms with E-state index in [0.29, 0.717) is 11.1 Å². The van der Waals surface area contributed by atoms with E-state index in [2.05, 4.69) is 27.4 Å². The maximum Gasteiger partial charge on any atom is 0.150 e. The van der Waals surface area contributed by atoms with Gasteiger partial charge in [-0.15, -0.1) is 0 Å². The lowest BCUT2D eigenvalue weighted by molar-refractivity contribution is 0.591. The van der Waals surface area contributed by atoms with Crippen molar-refractivity contribution in [3.05, 3.63) is 30.0 Å². The Balaban J connectivity index is 2.84. The Hall–Kier alpha value is -1.58. The fourth-order valence-corrected chi connectivity index (χ4v) is 1.38. The van der Waals surface area contributed by atoms with Gasteiger partial charge in [-0.1, -0.05) is 0 Å². The summed E-state index contributed by atoms with van der Waals surface area (Å²) in [5, 5.41) is 2.51. The second-order valence-corrected chi connectivity index (χ2v) is 2.87. The van der Waals surface area contributed by atoms with E-state index in [4.69, 9.17) is 0 Å². The number of hydrogen-bond acceptors (Lipinski definition) is 2. The van der Waals surface area contributed by atoms with E-state index in [1.54, 1.807) is 0 Å². The predicted octanol–water partition coefficient (Wildman–Crippen LogP) is 3.18. The number of fused-ring (bicyclic) bond motifs is 1. The Kier molecular flexibility index (Phi) is 2.11. The van der Waals surface area contributed by atoms with Crippen LogP contribution in [0.15, 0.2) is 23.3 Å². The van der Waals surface area contributed by atoms with Gasteiger partial charge in [0.1, 0.15) is 11.6 Å². The molecule has 0 unspecified atom stereocenters. The van der Waals surface area contributed by atoms with E-state index in [1.807, 2.05) is 0 Å². The third kappa shape index (κ3) is 1.32. The first-order valence-electron chi connectivity index (χ1n) is 3.76. The van der Waals surface area contributed by atoms with Gasteiger partial charge in [-0.2, -0.15) is 4.99 Å². The van der Waals surface area contributed by atoms with Gasteiger partial charge in [-0.05, 0) is 18.3 Å². The van der Waals surface area contributed by atoms with E-state index in [0.717, 1.165) is 6.07 Å². The smallest absolute Gasteiger partial charge is 0.150 e. The van der Waals surface area contributed by atoms with Crippen molar-refractivity contribution >= 4 is 34.0 Å². The zero-order valence-corrected chi connectivity index (χ0v) is 7.66. The normalized spacial score (nSPS) is 10.1. The molecule has 1 aromatic carbocycles. The van der Waals surface area contributed by atoms with Crippen molar-refractivity contribution in [3.63, 3.8) is 0 Å². The monoisotopic (exact) mass is 210 g/mol. The van der Waals surface area contributed by atoms with Crippen LogP contribution in [0.1, 0.15) is 0 Å². The summed E-state index contributed by atoms with van der Waals surface area (Å²) in [6.07, 6.45) is 1.45. The molecule has 14 heavy (non-hydrogen) atoms. The Labute approximate surface area is 83.3 Å². The molecule has 0 bridgehead atoms. The Morgan fingerprint density at radius 1 is 1.36 bits per heavy atom. The number of aliphatic imine (C=N–C) groups is 1. The number of halogens is 2. The number of thiocarbonyl (C=S) groups is 1. The number of isothiocyanates is 1. The van der Waals surface area contributed by atoms with Crippen molar-refractivity contribution in [2.75, 3.05) is 0 Å². The number of nitrogens with zero attached hydrogens (tertiary/aromatic N) is 1. The zero-order chi connectivity index (χ0) is 10.1. The molecule has 0 saturated heterocycles. The van der Waals surface area contributed by atoms with Crippen LogP contribution in [0.25, 0.3) is 10.9 Å². The molecule has 0 atom stereocenters. The van der Waals surface area contributed by atoms with Crippen LogP contribution in [0.3, 0.4) is 0 Å². The molecule has 0 fully saturated rings. The number of aromatic nitrogens is 1. The van der Waals surface area contributed by atoms with Crippen LogP contribution in [0, 0.1) is 11.6 Å². The Morgan fingerprint density at radius 3 is 2.86 bits per heavy atom. The molecule has 2 nitrogen and oxygen atoms in total. The molecule has 2 rings (SSSR count). The molecule has 0 amide bonds. The Morgan fingerprint density at radius 2 is 2.14 bits per heavy atom. The second kappa shape index (κ2) is 3.29. The quantitative estimate of drug-likeness (QED) is 0.568. The third-order valence-electron chi connectivity index (χ3n) is 1.85. The molecule has 1 N–H and O–H groups in total. The van der Waals surface area contributed by atoms with Crippen LogP contribution < -0.4 is 0 Å². The first kappa shape index (κ1) is 8.99. The molecule has 5 heteroatoms. The van der Waals surface area contributed by atoms with Gasteiger partial charge in [-0.3, -0.25) is 0 Å². The average molecular weight is 210 g/mol. The number of aromatic amines is 1. The molecule has 0 aliphatic rings. The van der Waals surface area contributed by atoms with Crippen molar-refractivity contribution < 1.29 is 8.78 Å². The van der Waals surface area contributed by atoms with E-state index in [9.17, 15) is 8.78 Å². The van der Waals surface area contributed by atoms with E-state index in [-0.39, 0.29) is 5.52 Å². The predicted molar refractivity (Wildman–Crippen MR) is 52.9 cm³/mol. The highest BCUT2D eigenvalue weighted by Gasteiger charge is 2.08. The van der Waals surface area contributed by atoms with Crippen LogP contribution in [-0.4, -0.2) is 10.1 Å². The molecule has 0 saturated carbocycles. The van der Waals surface area contributed by atoms with Gasteiger partial charge < -0.3 is 4.98 Å². The molecule has 1 aromatic heterocycles. The minimum atomic E-state index is -0.647. The number of H-pyrrole nitrogens is 1. The van der Waals surface area contributed by atoms with Gasteiger partial charge in [0, 0.05) is 17.6 Å². The minimum absolute atomic E-state index is 0.218. The molecule has 0 spiro atoms. The summed E-state index contributed by atoms with van der Waals surface area (Å²) in [6.45, 7) is 0. The van der Waals surface area contributed by atoms with Gasteiger partial charge in [0.15, 0.2) is 0 Å². The first-order chi connectivity index (χ1) is 6.72. The SMILES string of the molecule is Fc1cc(F)c2[nH]cc(N=C=S)c2c1. The number of rotatable bonds is 1. The van der Waals surface area contributed by atoms with E-state index in [1.165, 1.54) is 12.3 Å². The third-order valence-corrected chi connectivity index (χ3v) is 1.94. The molecular formula is C9H4F2N2S. The van der Waals surface area contributed by atoms with Crippen LogP contribution >= 0.6 is 12.2 Å². The summed E-state index contributed by atoms with van der Waals surface area (Å²) in [5.74, 6) is -1.29. The van der Waals surface area contributed by atoms with Crippen molar-refractivity contribution in [2.24, 2.45) is 4.99 Å². The topological polar surface area (TPSA) is 28.1 Å². The van der Waals surface area contributed by atoms with Crippen LogP contribution in [-0.2, 0) is 0 Å². The maximum atomic E-state index is 13.1. The fraction of sp³-hybridized carbons (Fsp3) is 0. The standard InChI is InChI=1S/C9H4F2N2S/c10-5-1-6-8(13-4-14)3-12-9(6)7(11)2-5/h1-3,12H. The molecule has 70 valence electrons. The number of nitrogens with one attached hydrogen (secondary N) is 1. The van der Waals surface area contributed by atoms with Crippen molar-refractivity contribution in [3.8, 4) is 0 Å². The van der Waals surface area contributed by atoms with Gasteiger partial charge in [0.2, 0.25) is 0 Å². The van der Waals surface area contributed by atoms with Crippen molar-refractivity contribution in [2.45, 2.75) is 0 Å². The molecule has 2 aromatic rings. The molecule has 1 heterocycles. The molecular weight excluding hydrogens is 206 g/mol. The summed E-state index contributed by atoms with van der Waals surface area (Å²) < 4.78 is 26.0. The number of hydrogen-bond donors (Lipinski definition) is 1. The van der Waals surface area contributed by atoms with Crippen LogP contribution in [0.4, 0.5) is 14.5 Å². The number of benzene rings is 1. The second-order valence-electron chi connectivity index (χ2n) is 2.69. The fourth-order valence-electron chi connectivity index (χ4n) is 1.28. The first-order valence-corrected chi connectivity index (χ1v) is 4.17. The lowest BCUT2D eigenvalue weighted by Crippen LogP contribution is -1.80. The highest BCUT2D eigenvalue weighted by molar-refractivity contribution is 7.78. The van der Waals surface area contributed by atoms with Gasteiger partial charge in [0.25, 0.3) is 0 Å². The summed E-state index contributed by atoms with van der Waals surface area (Å²) >= 11 is 4.41. The maximum absolute atomic E-state index is 13.1.